The van der Waals surface area contributed by atoms with E-state index in [1.807, 2.05) is 5.32 Å². The number of esters is 1. The average molecular weight is 308 g/mol. The summed E-state index contributed by atoms with van der Waals surface area (Å²) in [6.45, 7) is 6.42. The van der Waals surface area contributed by atoms with E-state index in [2.05, 4.69) is 21.9 Å². The summed E-state index contributed by atoms with van der Waals surface area (Å²) in [7, 11) is 0. The first-order valence-corrected chi connectivity index (χ1v) is 6.29. The Morgan fingerprint density at radius 1 is 1.41 bits per heavy atom. The van der Waals surface area contributed by atoms with Gasteiger partial charge in [-0.15, -0.1) is 0 Å². The molecule has 0 spiro atoms. The topological polar surface area (TPSA) is 130 Å². The van der Waals surface area contributed by atoms with Gasteiger partial charge in [0.15, 0.2) is 5.82 Å². The molecule has 0 aliphatic carbocycles. The monoisotopic (exact) mass is 308 g/mol. The number of aromatic nitrogens is 2. The first-order chi connectivity index (χ1) is 10.3. The van der Waals surface area contributed by atoms with E-state index in [9.17, 15) is 19.2 Å². The molecular weight excluding hydrogens is 292 g/mol. The molecule has 3 N–H and O–H groups in total. The van der Waals surface area contributed by atoms with Gasteiger partial charge in [-0.1, -0.05) is 6.58 Å². The van der Waals surface area contributed by atoms with Gasteiger partial charge >= 0.3 is 12.0 Å². The fourth-order valence-corrected chi connectivity index (χ4v) is 1.32. The molecule has 3 amide bonds. The van der Waals surface area contributed by atoms with Crippen LogP contribution >= 0.6 is 0 Å². The number of aromatic amines is 1. The molecule has 9 nitrogen and oxygen atoms in total. The number of carbonyl (C=O) groups is 3. The second-order valence-electron chi connectivity index (χ2n) is 4.38. The summed E-state index contributed by atoms with van der Waals surface area (Å²) in [6.07, 6.45) is 0. The van der Waals surface area contributed by atoms with Crippen LogP contribution in [0.5, 0.6) is 0 Å². The zero-order chi connectivity index (χ0) is 16.7. The summed E-state index contributed by atoms with van der Waals surface area (Å²) in [5.41, 5.74) is 0.0971. The molecule has 1 rings (SSSR count). The number of hydrogen-bond acceptors (Lipinski definition) is 6. The molecule has 0 saturated carbocycles. The van der Waals surface area contributed by atoms with Gasteiger partial charge in [0.1, 0.15) is 6.61 Å². The third kappa shape index (κ3) is 5.57. The zero-order valence-corrected chi connectivity index (χ0v) is 12.2. The van der Waals surface area contributed by atoms with Crippen molar-refractivity contribution in [2.75, 3.05) is 13.2 Å². The predicted molar refractivity (Wildman–Crippen MR) is 76.2 cm³/mol. The Kier molecular flexibility index (Phi) is 5.99. The summed E-state index contributed by atoms with van der Waals surface area (Å²) in [5.74, 6) is -1.69. The molecule has 118 valence electrons. The quantitative estimate of drug-likeness (QED) is 0.387. The summed E-state index contributed by atoms with van der Waals surface area (Å²) >= 11 is 0. The molecule has 0 bridgehead atoms. The van der Waals surface area contributed by atoms with Crippen LogP contribution in [0.3, 0.4) is 0 Å². The molecule has 9 heteroatoms. The first kappa shape index (κ1) is 17.1. The van der Waals surface area contributed by atoms with E-state index in [0.717, 1.165) is 0 Å². The van der Waals surface area contributed by atoms with Crippen LogP contribution in [-0.4, -0.2) is 41.0 Å². The Labute approximate surface area is 125 Å². The van der Waals surface area contributed by atoms with Crippen LogP contribution in [0, 0.1) is 6.92 Å². The highest BCUT2D eigenvalue weighted by Crippen LogP contribution is 1.91. The van der Waals surface area contributed by atoms with Crippen LogP contribution in [-0.2, 0) is 9.53 Å². The van der Waals surface area contributed by atoms with Crippen LogP contribution in [0.4, 0.5) is 4.79 Å². The van der Waals surface area contributed by atoms with Gasteiger partial charge in [-0.2, -0.15) is 4.98 Å². The van der Waals surface area contributed by atoms with E-state index in [1.54, 1.807) is 6.92 Å². The summed E-state index contributed by atoms with van der Waals surface area (Å²) in [5, 5.41) is 4.29. The lowest BCUT2D eigenvalue weighted by Gasteiger charge is -2.07. The van der Waals surface area contributed by atoms with Crippen molar-refractivity contribution in [3.63, 3.8) is 0 Å². The van der Waals surface area contributed by atoms with Crippen molar-refractivity contribution < 1.29 is 19.1 Å². The molecule has 0 aromatic carbocycles. The fourth-order valence-electron chi connectivity index (χ4n) is 1.32. The molecule has 0 radical (unpaired) electrons. The van der Waals surface area contributed by atoms with Crippen molar-refractivity contribution in [1.29, 1.82) is 0 Å². The number of carbonyl (C=O) groups excluding carboxylic acids is 3. The second-order valence-corrected chi connectivity index (χ2v) is 4.38. The van der Waals surface area contributed by atoms with Gasteiger partial charge in [0.05, 0.1) is 6.54 Å². The van der Waals surface area contributed by atoms with Gasteiger partial charge in [0.25, 0.3) is 11.5 Å². The van der Waals surface area contributed by atoms with Crippen molar-refractivity contribution in [2.45, 2.75) is 13.8 Å². The standard InChI is InChI=1S/C13H16N4O5/c1-7(2)12(20)22-5-4-14-13(21)17-11(19)10-15-8(3)6-9(18)16-10/h6H,1,4-5H2,2-3H3,(H,15,16,18)(H2,14,17,19,21). The Morgan fingerprint density at radius 3 is 2.68 bits per heavy atom. The molecule has 0 aliphatic rings. The number of nitrogens with one attached hydrogen (secondary N) is 3. The van der Waals surface area contributed by atoms with Gasteiger partial charge in [-0.3, -0.25) is 14.9 Å². The molecule has 0 unspecified atom stereocenters. The molecule has 1 aromatic heterocycles. The van der Waals surface area contributed by atoms with Crippen LogP contribution < -0.4 is 16.2 Å². The number of rotatable bonds is 5. The summed E-state index contributed by atoms with van der Waals surface area (Å²) < 4.78 is 4.75. The number of aryl methyl sites for hydroxylation is 1. The number of amides is 3. The number of ether oxygens (including phenoxy) is 1. The molecule has 0 atom stereocenters. The number of imide groups is 1. The highest BCUT2D eigenvalue weighted by molar-refractivity contribution is 6.01. The minimum absolute atomic E-state index is 0.00982. The lowest BCUT2D eigenvalue weighted by Crippen LogP contribution is -2.42. The van der Waals surface area contributed by atoms with E-state index in [-0.39, 0.29) is 24.5 Å². The number of hydrogen-bond donors (Lipinski definition) is 3. The van der Waals surface area contributed by atoms with Crippen molar-refractivity contribution >= 4 is 17.9 Å². The van der Waals surface area contributed by atoms with Gasteiger partial charge in [0.2, 0.25) is 0 Å². The van der Waals surface area contributed by atoms with E-state index in [0.29, 0.717) is 5.69 Å². The lowest BCUT2D eigenvalue weighted by molar-refractivity contribution is -0.138. The summed E-state index contributed by atoms with van der Waals surface area (Å²) in [4.78, 5) is 51.4. The minimum atomic E-state index is -0.850. The molecule has 0 saturated heterocycles. The predicted octanol–water partition coefficient (Wildman–Crippen LogP) is -0.363. The maximum Gasteiger partial charge on any atom is 0.333 e. The van der Waals surface area contributed by atoms with E-state index in [4.69, 9.17) is 4.74 Å². The second kappa shape index (κ2) is 7.72. The first-order valence-electron chi connectivity index (χ1n) is 6.29. The van der Waals surface area contributed by atoms with Gasteiger partial charge < -0.3 is 15.0 Å². The highest BCUT2D eigenvalue weighted by Gasteiger charge is 2.13. The molecular formula is C13H16N4O5. The van der Waals surface area contributed by atoms with Crippen molar-refractivity contribution in [3.05, 3.63) is 40.1 Å². The molecule has 0 aliphatic heterocycles. The van der Waals surface area contributed by atoms with Gasteiger partial charge in [-0.05, 0) is 13.8 Å². The van der Waals surface area contributed by atoms with Crippen LogP contribution in [0.15, 0.2) is 23.0 Å². The van der Waals surface area contributed by atoms with Crippen molar-refractivity contribution in [3.8, 4) is 0 Å². The molecule has 0 fully saturated rings. The van der Waals surface area contributed by atoms with Crippen molar-refractivity contribution in [2.24, 2.45) is 0 Å². The Balaban J connectivity index is 2.41. The zero-order valence-electron chi connectivity index (χ0n) is 12.2. The largest absolute Gasteiger partial charge is 0.460 e. The van der Waals surface area contributed by atoms with Crippen LogP contribution in [0.25, 0.3) is 0 Å². The van der Waals surface area contributed by atoms with E-state index in [1.165, 1.54) is 13.0 Å². The lowest BCUT2D eigenvalue weighted by atomic mass is 10.4. The Bertz CT molecular complexity index is 665. The SMILES string of the molecule is C=C(C)C(=O)OCCNC(=O)NC(=O)c1nc(=O)cc(C)[nH]1. The molecule has 1 aromatic rings. The van der Waals surface area contributed by atoms with E-state index >= 15 is 0 Å². The fraction of sp³-hybridized carbons (Fsp3) is 0.308. The molecule has 22 heavy (non-hydrogen) atoms. The van der Waals surface area contributed by atoms with E-state index < -0.39 is 23.5 Å². The number of nitrogens with zero attached hydrogens (tertiary/aromatic N) is 1. The van der Waals surface area contributed by atoms with Crippen molar-refractivity contribution in [1.82, 2.24) is 20.6 Å². The third-order valence-corrected chi connectivity index (χ3v) is 2.29. The normalized spacial score (nSPS) is 9.73. The minimum Gasteiger partial charge on any atom is -0.460 e. The average Bonchev–Trinajstić information content (AvgIpc) is 2.42. The van der Waals surface area contributed by atoms with Crippen LogP contribution in [0.1, 0.15) is 23.2 Å². The Hall–Kier alpha value is -2.97. The number of H-pyrrole nitrogens is 1. The van der Waals surface area contributed by atoms with Gasteiger partial charge in [0, 0.05) is 17.3 Å². The molecule has 1 heterocycles. The van der Waals surface area contributed by atoms with Crippen LogP contribution in [0.2, 0.25) is 0 Å². The smallest absolute Gasteiger partial charge is 0.333 e. The summed E-state index contributed by atoms with van der Waals surface area (Å²) in [6, 6.07) is 0.410. The number of urea groups is 1. The maximum absolute atomic E-state index is 11.7. The maximum atomic E-state index is 11.7. The third-order valence-electron chi connectivity index (χ3n) is 2.29. The van der Waals surface area contributed by atoms with Gasteiger partial charge in [-0.25, -0.2) is 9.59 Å². The Morgan fingerprint density at radius 2 is 2.09 bits per heavy atom. The highest BCUT2D eigenvalue weighted by atomic mass is 16.5.